The number of hydrogen-bond donors (Lipinski definition) is 0. The molecule has 3 nitrogen and oxygen atoms in total. The molecular formula is C14H18ClN3. The molecule has 1 aromatic carbocycles. The molecule has 0 unspecified atom stereocenters. The van der Waals surface area contributed by atoms with Gasteiger partial charge < -0.3 is 4.90 Å². The highest BCUT2D eigenvalue weighted by Gasteiger charge is 2.16. The molecule has 1 heterocycles. The minimum atomic E-state index is 0.392. The van der Waals surface area contributed by atoms with E-state index in [0.29, 0.717) is 11.2 Å². The lowest BCUT2D eigenvalue weighted by atomic mass is 10.1. The van der Waals surface area contributed by atoms with Crippen molar-refractivity contribution < 1.29 is 0 Å². The highest BCUT2D eigenvalue weighted by molar-refractivity contribution is 6.34. The van der Waals surface area contributed by atoms with E-state index in [1.807, 2.05) is 18.2 Å². The van der Waals surface area contributed by atoms with Crippen molar-refractivity contribution in [1.82, 2.24) is 10.2 Å². The first kappa shape index (κ1) is 13.1. The molecule has 2 aromatic rings. The molecule has 96 valence electrons. The van der Waals surface area contributed by atoms with E-state index in [1.54, 1.807) is 0 Å². The first-order valence-corrected chi connectivity index (χ1v) is 6.70. The standard InChI is InChI=1S/C14H18ClN3/c1-4-9-18(10(2)3)14-12-8-6-5-7-11(12)13(15)16-17-14/h5-8,10H,4,9H2,1-3H3. The molecule has 0 bridgehead atoms. The van der Waals surface area contributed by atoms with Crippen LogP contribution in [0.4, 0.5) is 5.82 Å². The van der Waals surface area contributed by atoms with Gasteiger partial charge in [-0.1, -0.05) is 42.8 Å². The van der Waals surface area contributed by atoms with Crippen LogP contribution in [0.15, 0.2) is 24.3 Å². The maximum atomic E-state index is 6.10. The van der Waals surface area contributed by atoms with Gasteiger partial charge in [-0.15, -0.1) is 10.2 Å². The number of nitrogens with zero attached hydrogens (tertiary/aromatic N) is 3. The van der Waals surface area contributed by atoms with Crippen molar-refractivity contribution in [2.75, 3.05) is 11.4 Å². The zero-order chi connectivity index (χ0) is 13.1. The van der Waals surface area contributed by atoms with Crippen LogP contribution in [0, 0.1) is 0 Å². The van der Waals surface area contributed by atoms with Gasteiger partial charge in [-0.05, 0) is 20.3 Å². The van der Waals surface area contributed by atoms with Crippen molar-refractivity contribution in [3.05, 3.63) is 29.4 Å². The maximum Gasteiger partial charge on any atom is 0.159 e. The second-order valence-corrected chi connectivity index (χ2v) is 5.01. The third-order valence-electron chi connectivity index (χ3n) is 2.98. The second-order valence-electron chi connectivity index (χ2n) is 4.65. The van der Waals surface area contributed by atoms with Crippen LogP contribution in [0.1, 0.15) is 27.2 Å². The fraction of sp³-hybridized carbons (Fsp3) is 0.429. The molecular weight excluding hydrogens is 246 g/mol. The van der Waals surface area contributed by atoms with Crippen LogP contribution in [0.25, 0.3) is 10.8 Å². The summed E-state index contributed by atoms with van der Waals surface area (Å²) in [6.45, 7) is 7.47. The summed E-state index contributed by atoms with van der Waals surface area (Å²) in [6, 6.07) is 8.41. The number of halogens is 1. The predicted molar refractivity (Wildman–Crippen MR) is 77.3 cm³/mol. The quantitative estimate of drug-likeness (QED) is 0.838. The molecule has 0 radical (unpaired) electrons. The number of aromatic nitrogens is 2. The van der Waals surface area contributed by atoms with Crippen LogP contribution in [0.2, 0.25) is 5.15 Å². The van der Waals surface area contributed by atoms with Crippen molar-refractivity contribution in [2.24, 2.45) is 0 Å². The largest absolute Gasteiger partial charge is 0.352 e. The van der Waals surface area contributed by atoms with E-state index in [4.69, 9.17) is 11.6 Å². The highest BCUT2D eigenvalue weighted by atomic mass is 35.5. The van der Waals surface area contributed by atoms with Crippen LogP contribution in [0.5, 0.6) is 0 Å². The van der Waals surface area contributed by atoms with Gasteiger partial charge in [0.1, 0.15) is 0 Å². The van der Waals surface area contributed by atoms with Gasteiger partial charge in [0, 0.05) is 23.4 Å². The van der Waals surface area contributed by atoms with Crippen molar-refractivity contribution in [3.63, 3.8) is 0 Å². The zero-order valence-electron chi connectivity index (χ0n) is 11.0. The van der Waals surface area contributed by atoms with Crippen LogP contribution in [-0.2, 0) is 0 Å². The van der Waals surface area contributed by atoms with Gasteiger partial charge in [-0.25, -0.2) is 0 Å². The van der Waals surface area contributed by atoms with Gasteiger partial charge in [-0.3, -0.25) is 0 Å². The molecule has 0 amide bonds. The van der Waals surface area contributed by atoms with Crippen molar-refractivity contribution in [3.8, 4) is 0 Å². The van der Waals surface area contributed by atoms with E-state index in [-0.39, 0.29) is 0 Å². The van der Waals surface area contributed by atoms with Crippen LogP contribution >= 0.6 is 11.6 Å². The number of anilines is 1. The summed E-state index contributed by atoms with van der Waals surface area (Å²) < 4.78 is 0. The van der Waals surface area contributed by atoms with Crippen LogP contribution < -0.4 is 4.90 Å². The topological polar surface area (TPSA) is 29.0 Å². The number of hydrogen-bond acceptors (Lipinski definition) is 3. The minimum absolute atomic E-state index is 0.392. The Kier molecular flexibility index (Phi) is 4.02. The lowest BCUT2D eigenvalue weighted by Gasteiger charge is -2.28. The molecule has 0 atom stereocenters. The predicted octanol–water partition coefficient (Wildman–Crippen LogP) is 3.91. The minimum Gasteiger partial charge on any atom is -0.352 e. The van der Waals surface area contributed by atoms with E-state index in [1.165, 1.54) is 0 Å². The molecule has 0 aliphatic heterocycles. The molecule has 18 heavy (non-hydrogen) atoms. The van der Waals surface area contributed by atoms with Crippen molar-refractivity contribution in [1.29, 1.82) is 0 Å². The smallest absolute Gasteiger partial charge is 0.159 e. The molecule has 0 spiro atoms. The Bertz CT molecular complexity index is 540. The number of rotatable bonds is 4. The lowest BCUT2D eigenvalue weighted by molar-refractivity contribution is 0.660. The molecule has 0 aliphatic carbocycles. The average molecular weight is 264 g/mol. The summed E-state index contributed by atoms with van der Waals surface area (Å²) in [5.41, 5.74) is 0. The molecule has 0 saturated carbocycles. The molecule has 0 saturated heterocycles. The summed E-state index contributed by atoms with van der Waals surface area (Å²) in [5, 5.41) is 10.9. The van der Waals surface area contributed by atoms with Crippen LogP contribution in [0.3, 0.4) is 0 Å². The Hall–Kier alpha value is -1.35. The SMILES string of the molecule is CCCN(c1nnc(Cl)c2ccccc12)C(C)C. The van der Waals surface area contributed by atoms with Crippen molar-refractivity contribution in [2.45, 2.75) is 33.2 Å². The molecule has 0 aliphatic rings. The lowest BCUT2D eigenvalue weighted by Crippen LogP contribution is -2.32. The van der Waals surface area contributed by atoms with E-state index >= 15 is 0 Å². The maximum absolute atomic E-state index is 6.10. The van der Waals surface area contributed by atoms with Gasteiger partial charge in [0.2, 0.25) is 0 Å². The monoisotopic (exact) mass is 263 g/mol. The zero-order valence-corrected chi connectivity index (χ0v) is 11.8. The Balaban J connectivity index is 2.59. The van der Waals surface area contributed by atoms with Gasteiger partial charge in [0.05, 0.1) is 0 Å². The summed E-state index contributed by atoms with van der Waals surface area (Å²) in [7, 11) is 0. The second kappa shape index (κ2) is 5.53. The molecule has 0 fully saturated rings. The average Bonchev–Trinajstić information content (AvgIpc) is 2.37. The van der Waals surface area contributed by atoms with Gasteiger partial charge >= 0.3 is 0 Å². The van der Waals surface area contributed by atoms with Gasteiger partial charge in [0.25, 0.3) is 0 Å². The molecule has 2 rings (SSSR count). The Morgan fingerprint density at radius 1 is 1.17 bits per heavy atom. The summed E-state index contributed by atoms with van der Waals surface area (Å²) in [4.78, 5) is 2.27. The molecule has 0 N–H and O–H groups in total. The van der Waals surface area contributed by atoms with Crippen molar-refractivity contribution >= 4 is 28.2 Å². The van der Waals surface area contributed by atoms with E-state index in [2.05, 4.69) is 41.9 Å². The summed E-state index contributed by atoms with van der Waals surface area (Å²) in [5.74, 6) is 0.923. The Morgan fingerprint density at radius 2 is 1.83 bits per heavy atom. The summed E-state index contributed by atoms with van der Waals surface area (Å²) >= 11 is 6.10. The van der Waals surface area contributed by atoms with E-state index in [0.717, 1.165) is 29.6 Å². The Labute approximate surface area is 113 Å². The third-order valence-corrected chi connectivity index (χ3v) is 3.26. The first-order chi connectivity index (χ1) is 8.65. The van der Waals surface area contributed by atoms with E-state index < -0.39 is 0 Å². The first-order valence-electron chi connectivity index (χ1n) is 6.32. The molecule has 1 aromatic heterocycles. The van der Waals surface area contributed by atoms with Crippen LogP contribution in [-0.4, -0.2) is 22.8 Å². The normalized spacial score (nSPS) is 11.2. The third kappa shape index (κ3) is 2.41. The summed E-state index contributed by atoms with van der Waals surface area (Å²) in [6.07, 6.45) is 1.08. The molecule has 4 heteroatoms. The van der Waals surface area contributed by atoms with Gasteiger partial charge in [-0.2, -0.15) is 0 Å². The highest BCUT2D eigenvalue weighted by Crippen LogP contribution is 2.29. The fourth-order valence-corrected chi connectivity index (χ4v) is 2.32. The Morgan fingerprint density at radius 3 is 2.44 bits per heavy atom. The van der Waals surface area contributed by atoms with Gasteiger partial charge in [0.15, 0.2) is 11.0 Å². The number of benzene rings is 1. The number of fused-ring (bicyclic) bond motifs is 1. The van der Waals surface area contributed by atoms with E-state index in [9.17, 15) is 0 Å². The fourth-order valence-electron chi connectivity index (χ4n) is 2.12.